The Bertz CT molecular complexity index is 1100. The summed E-state index contributed by atoms with van der Waals surface area (Å²) in [6.07, 6.45) is 3.45. The molecule has 1 amide bonds. The Morgan fingerprint density at radius 2 is 1.56 bits per heavy atom. The topological polar surface area (TPSA) is 64.7 Å². The van der Waals surface area contributed by atoms with Crippen molar-refractivity contribution in [2.45, 2.75) is 0 Å². The van der Waals surface area contributed by atoms with Crippen molar-refractivity contribution in [2.75, 3.05) is 5.32 Å². The Labute approximate surface area is 165 Å². The Balaban J connectivity index is 1.50. The van der Waals surface area contributed by atoms with E-state index in [2.05, 4.69) is 15.5 Å². The van der Waals surface area contributed by atoms with Gasteiger partial charge in [-0.3, -0.25) is 4.79 Å². The smallest absolute Gasteiger partial charge is 0.277 e. The Morgan fingerprint density at radius 1 is 0.815 bits per heavy atom. The summed E-state index contributed by atoms with van der Waals surface area (Å²) in [5.41, 5.74) is 1.87. The molecule has 6 nitrogen and oxygen atoms in total. The first-order valence-electron chi connectivity index (χ1n) is 8.04. The largest absolute Gasteiger partial charge is 0.304 e. The molecule has 134 valence electrons. The normalized spacial score (nSPS) is 10.7. The second kappa shape index (κ2) is 7.26. The van der Waals surface area contributed by atoms with E-state index in [0.29, 0.717) is 21.6 Å². The van der Waals surface area contributed by atoms with Gasteiger partial charge in [0.25, 0.3) is 5.91 Å². The van der Waals surface area contributed by atoms with E-state index in [4.69, 9.17) is 23.2 Å². The molecule has 2 heterocycles. The summed E-state index contributed by atoms with van der Waals surface area (Å²) in [7, 11) is 0. The second-order valence-electron chi connectivity index (χ2n) is 5.68. The Morgan fingerprint density at radius 3 is 2.33 bits per heavy atom. The van der Waals surface area contributed by atoms with Crippen molar-refractivity contribution in [2.24, 2.45) is 0 Å². The third-order valence-electron chi connectivity index (χ3n) is 3.84. The lowest BCUT2D eigenvalue weighted by atomic mass is 10.3. The first-order chi connectivity index (χ1) is 13.1. The molecule has 0 fully saturated rings. The lowest BCUT2D eigenvalue weighted by molar-refractivity contribution is 0.102. The van der Waals surface area contributed by atoms with Crippen molar-refractivity contribution >= 4 is 34.9 Å². The molecule has 8 heteroatoms. The molecule has 0 aliphatic carbocycles. The van der Waals surface area contributed by atoms with Crippen LogP contribution in [0.4, 0.5) is 5.82 Å². The van der Waals surface area contributed by atoms with Crippen molar-refractivity contribution < 1.29 is 4.79 Å². The highest BCUT2D eigenvalue weighted by atomic mass is 35.5. The quantitative estimate of drug-likeness (QED) is 0.546. The molecular formula is C19H13Cl2N5O. The summed E-state index contributed by atoms with van der Waals surface area (Å²) < 4.78 is 3.24. The fourth-order valence-corrected chi connectivity index (χ4v) is 2.80. The number of carbonyl (C=O) groups excluding carboxylic acids is 1. The molecule has 2 aromatic carbocycles. The molecular weight excluding hydrogens is 385 g/mol. The van der Waals surface area contributed by atoms with E-state index < -0.39 is 0 Å². The zero-order valence-electron chi connectivity index (χ0n) is 13.9. The summed E-state index contributed by atoms with van der Waals surface area (Å²) in [4.78, 5) is 12.4. The van der Waals surface area contributed by atoms with Gasteiger partial charge < -0.3 is 5.32 Å². The minimum Gasteiger partial charge on any atom is -0.304 e. The molecule has 0 bridgehead atoms. The van der Waals surface area contributed by atoms with Crippen LogP contribution < -0.4 is 5.32 Å². The maximum absolute atomic E-state index is 12.4. The molecule has 0 saturated carbocycles. The van der Waals surface area contributed by atoms with Crippen LogP contribution in [0, 0.1) is 0 Å². The molecule has 27 heavy (non-hydrogen) atoms. The van der Waals surface area contributed by atoms with Gasteiger partial charge in [0.15, 0.2) is 11.5 Å². The van der Waals surface area contributed by atoms with Crippen LogP contribution in [-0.2, 0) is 0 Å². The minimum absolute atomic E-state index is 0.260. The molecule has 4 aromatic rings. The number of aromatic nitrogens is 4. The number of hydrogen-bond donors (Lipinski definition) is 1. The number of halogens is 2. The van der Waals surface area contributed by atoms with Crippen molar-refractivity contribution in [1.82, 2.24) is 19.6 Å². The van der Waals surface area contributed by atoms with Gasteiger partial charge >= 0.3 is 0 Å². The number of anilines is 1. The maximum atomic E-state index is 12.4. The van der Waals surface area contributed by atoms with Crippen LogP contribution in [0.15, 0.2) is 73.1 Å². The van der Waals surface area contributed by atoms with Crippen LogP contribution in [0.5, 0.6) is 0 Å². The van der Waals surface area contributed by atoms with Crippen molar-refractivity contribution in [3.05, 3.63) is 88.8 Å². The van der Waals surface area contributed by atoms with E-state index in [1.807, 2.05) is 30.3 Å². The average molecular weight is 398 g/mol. The number of nitrogens with zero attached hydrogens (tertiary/aromatic N) is 4. The van der Waals surface area contributed by atoms with Gasteiger partial charge in [-0.15, -0.1) is 0 Å². The van der Waals surface area contributed by atoms with Gasteiger partial charge in [0.2, 0.25) is 0 Å². The van der Waals surface area contributed by atoms with E-state index in [1.54, 1.807) is 52.1 Å². The third-order valence-corrected chi connectivity index (χ3v) is 4.58. The van der Waals surface area contributed by atoms with Crippen LogP contribution >= 0.6 is 23.2 Å². The highest BCUT2D eigenvalue weighted by molar-refractivity contribution is 6.42. The lowest BCUT2D eigenvalue weighted by Gasteiger charge is -2.03. The van der Waals surface area contributed by atoms with Gasteiger partial charge in [0.1, 0.15) is 0 Å². The number of carbonyl (C=O) groups is 1. The molecule has 0 saturated heterocycles. The summed E-state index contributed by atoms with van der Waals surface area (Å²) in [6, 6.07) is 18.1. The molecule has 0 radical (unpaired) electrons. The highest BCUT2D eigenvalue weighted by Crippen LogP contribution is 2.24. The number of rotatable bonds is 4. The van der Waals surface area contributed by atoms with Crippen LogP contribution in [-0.4, -0.2) is 25.5 Å². The first-order valence-corrected chi connectivity index (χ1v) is 8.79. The number of nitrogens with one attached hydrogen (secondary N) is 1. The standard InChI is InChI=1S/C19H13Cl2N5O/c20-15-7-6-14(12-16(15)21)26-10-8-17(23-26)19(27)22-18-9-11-25(24-18)13-4-2-1-3-5-13/h1-12H,(H,22,24,27). The van der Waals surface area contributed by atoms with Gasteiger partial charge in [-0.05, 0) is 36.4 Å². The van der Waals surface area contributed by atoms with E-state index in [-0.39, 0.29) is 11.6 Å². The van der Waals surface area contributed by atoms with Crippen molar-refractivity contribution in [3.63, 3.8) is 0 Å². The van der Waals surface area contributed by atoms with E-state index in [9.17, 15) is 4.79 Å². The predicted octanol–water partition coefficient (Wildman–Crippen LogP) is 4.62. The van der Waals surface area contributed by atoms with Gasteiger partial charge in [-0.25, -0.2) is 9.36 Å². The van der Waals surface area contributed by atoms with E-state index in [1.165, 1.54) is 0 Å². The third kappa shape index (κ3) is 3.72. The molecule has 4 rings (SSSR count). The molecule has 0 spiro atoms. The average Bonchev–Trinajstić information content (AvgIpc) is 3.34. The zero-order valence-corrected chi connectivity index (χ0v) is 15.4. The molecule has 1 N–H and O–H groups in total. The molecule has 0 aliphatic rings. The summed E-state index contributed by atoms with van der Waals surface area (Å²) in [5.74, 6) is 0.0834. The number of para-hydroxylation sites is 1. The fourth-order valence-electron chi connectivity index (χ4n) is 2.51. The van der Waals surface area contributed by atoms with Gasteiger partial charge in [0.05, 0.1) is 21.4 Å². The maximum Gasteiger partial charge on any atom is 0.277 e. The fraction of sp³-hybridized carbons (Fsp3) is 0. The SMILES string of the molecule is O=C(Nc1ccn(-c2ccccc2)n1)c1ccn(-c2ccc(Cl)c(Cl)c2)n1. The lowest BCUT2D eigenvalue weighted by Crippen LogP contribution is -2.14. The number of hydrogen-bond acceptors (Lipinski definition) is 3. The Hall–Kier alpha value is -3.09. The van der Waals surface area contributed by atoms with Crippen molar-refractivity contribution in [3.8, 4) is 11.4 Å². The molecule has 0 aliphatic heterocycles. The van der Waals surface area contributed by atoms with Crippen LogP contribution in [0.2, 0.25) is 10.0 Å². The highest BCUT2D eigenvalue weighted by Gasteiger charge is 2.13. The number of amides is 1. The molecule has 0 atom stereocenters. The van der Waals surface area contributed by atoms with Crippen LogP contribution in [0.25, 0.3) is 11.4 Å². The zero-order chi connectivity index (χ0) is 18.8. The van der Waals surface area contributed by atoms with E-state index >= 15 is 0 Å². The Kier molecular flexibility index (Phi) is 4.66. The monoisotopic (exact) mass is 397 g/mol. The van der Waals surface area contributed by atoms with Gasteiger partial charge in [0, 0.05) is 18.5 Å². The summed E-state index contributed by atoms with van der Waals surface area (Å²) in [6.45, 7) is 0. The van der Waals surface area contributed by atoms with E-state index in [0.717, 1.165) is 5.69 Å². The minimum atomic E-state index is -0.355. The predicted molar refractivity (Wildman–Crippen MR) is 105 cm³/mol. The summed E-state index contributed by atoms with van der Waals surface area (Å²) >= 11 is 12.0. The van der Waals surface area contributed by atoms with Gasteiger partial charge in [-0.2, -0.15) is 10.2 Å². The molecule has 2 aromatic heterocycles. The second-order valence-corrected chi connectivity index (χ2v) is 6.49. The summed E-state index contributed by atoms with van der Waals surface area (Å²) in [5, 5.41) is 12.2. The molecule has 0 unspecified atom stereocenters. The number of benzene rings is 2. The first kappa shape index (κ1) is 17.3. The van der Waals surface area contributed by atoms with Crippen molar-refractivity contribution in [1.29, 1.82) is 0 Å². The van der Waals surface area contributed by atoms with Gasteiger partial charge in [-0.1, -0.05) is 41.4 Å². The van der Waals surface area contributed by atoms with Crippen LogP contribution in [0.3, 0.4) is 0 Å². The van der Waals surface area contributed by atoms with Crippen LogP contribution in [0.1, 0.15) is 10.5 Å².